The van der Waals surface area contributed by atoms with E-state index in [9.17, 15) is 31.5 Å². The lowest BCUT2D eigenvalue weighted by atomic mass is 10.1. The van der Waals surface area contributed by atoms with Crippen molar-refractivity contribution in [3.8, 4) is 0 Å². The highest BCUT2D eigenvalue weighted by molar-refractivity contribution is 6.31. The van der Waals surface area contributed by atoms with Crippen LogP contribution in [0, 0.1) is 17.6 Å². The van der Waals surface area contributed by atoms with Crippen molar-refractivity contribution < 1.29 is 36.3 Å². The zero-order valence-corrected chi connectivity index (χ0v) is 22.5. The van der Waals surface area contributed by atoms with Gasteiger partial charge in [-0.2, -0.15) is 13.2 Å². The lowest BCUT2D eigenvalue weighted by molar-refractivity contribution is -0.138. The molecule has 2 amide bonds. The van der Waals surface area contributed by atoms with Crippen molar-refractivity contribution in [1.29, 1.82) is 0 Å². The fourth-order valence-corrected chi connectivity index (χ4v) is 5.05. The number of rotatable bonds is 8. The second-order valence-corrected chi connectivity index (χ2v) is 10.4. The molecule has 0 aromatic heterocycles. The van der Waals surface area contributed by atoms with Crippen molar-refractivity contribution in [3.05, 3.63) is 58.1 Å². The number of hydrogen-bond acceptors (Lipinski definition) is 5. The van der Waals surface area contributed by atoms with Crippen LogP contribution in [0.2, 0.25) is 5.02 Å². The first-order valence-corrected chi connectivity index (χ1v) is 13.3. The molecule has 0 spiro atoms. The molecule has 218 valence electrons. The second-order valence-electron chi connectivity index (χ2n) is 10.0. The topological polar surface area (TPSA) is 73.9 Å². The molecule has 2 aliphatic rings. The first kappa shape index (κ1) is 30.0. The minimum absolute atomic E-state index is 0.106. The Morgan fingerprint density at radius 1 is 1.12 bits per heavy atom. The Kier molecular flexibility index (Phi) is 9.52. The number of nitrogens with zero attached hydrogens (tertiary/aromatic N) is 2. The molecule has 0 saturated carbocycles. The predicted octanol–water partition coefficient (Wildman–Crippen LogP) is 4.99. The van der Waals surface area contributed by atoms with Gasteiger partial charge in [0.1, 0.15) is 0 Å². The maximum atomic E-state index is 14.9. The van der Waals surface area contributed by atoms with Gasteiger partial charge in [-0.3, -0.25) is 14.5 Å². The van der Waals surface area contributed by atoms with Gasteiger partial charge < -0.3 is 20.3 Å². The molecule has 13 heteroatoms. The Hall–Kier alpha value is -2.96. The van der Waals surface area contributed by atoms with Gasteiger partial charge in [0.25, 0.3) is 5.91 Å². The largest absolute Gasteiger partial charge is 0.390 e. The molecular weight excluding hydrogens is 559 g/mol. The lowest BCUT2D eigenvalue weighted by Crippen LogP contribution is -2.52. The first-order valence-electron chi connectivity index (χ1n) is 12.9. The van der Waals surface area contributed by atoms with E-state index in [1.807, 2.05) is 11.8 Å². The molecule has 2 heterocycles. The van der Waals surface area contributed by atoms with Crippen LogP contribution in [-0.4, -0.2) is 68.3 Å². The van der Waals surface area contributed by atoms with E-state index in [-0.39, 0.29) is 43.1 Å². The Labute approximate surface area is 233 Å². The lowest BCUT2D eigenvalue weighted by Gasteiger charge is -2.42. The first-order chi connectivity index (χ1) is 18.9. The van der Waals surface area contributed by atoms with Crippen LogP contribution in [0.25, 0.3) is 0 Å². The van der Waals surface area contributed by atoms with Crippen LogP contribution in [-0.2, 0) is 16.1 Å². The molecule has 2 fully saturated rings. The number of ether oxygens (including phenoxy) is 1. The summed E-state index contributed by atoms with van der Waals surface area (Å²) >= 11 is 6.20. The van der Waals surface area contributed by atoms with Gasteiger partial charge in [-0.15, -0.1) is 0 Å². The predicted molar refractivity (Wildman–Crippen MR) is 140 cm³/mol. The van der Waals surface area contributed by atoms with Crippen molar-refractivity contribution >= 4 is 34.8 Å². The number of nitrogens with one attached hydrogen (secondary N) is 2. The number of alkyl halides is 3. The number of amides is 2. The maximum Gasteiger partial charge on any atom is 0.390 e. The van der Waals surface area contributed by atoms with Gasteiger partial charge in [0.05, 0.1) is 35.9 Å². The van der Waals surface area contributed by atoms with E-state index in [0.717, 1.165) is 6.07 Å². The number of hydrogen-bond donors (Lipinski definition) is 2. The summed E-state index contributed by atoms with van der Waals surface area (Å²) in [6.07, 6.45) is -4.58. The van der Waals surface area contributed by atoms with Crippen molar-refractivity contribution in [3.63, 3.8) is 0 Å². The number of carbonyl (C=O) groups excluding carboxylic acids is 2. The number of carbonyl (C=O) groups is 2. The van der Waals surface area contributed by atoms with E-state index in [0.29, 0.717) is 49.1 Å². The molecule has 2 aliphatic heterocycles. The molecule has 1 unspecified atom stereocenters. The molecule has 7 nitrogen and oxygen atoms in total. The highest BCUT2D eigenvalue weighted by Gasteiger charge is 2.31. The Morgan fingerprint density at radius 3 is 2.58 bits per heavy atom. The second kappa shape index (κ2) is 12.7. The summed E-state index contributed by atoms with van der Waals surface area (Å²) in [7, 11) is 0. The molecule has 4 rings (SSSR count). The average molecular weight is 589 g/mol. The zero-order chi connectivity index (χ0) is 29.0. The molecule has 2 N–H and O–H groups in total. The van der Waals surface area contributed by atoms with Crippen LogP contribution < -0.4 is 15.5 Å². The van der Waals surface area contributed by atoms with E-state index >= 15 is 0 Å². The summed E-state index contributed by atoms with van der Waals surface area (Å²) in [5, 5.41) is 5.54. The van der Waals surface area contributed by atoms with Crippen molar-refractivity contribution in [2.75, 3.05) is 49.6 Å². The van der Waals surface area contributed by atoms with Crippen LogP contribution in [0.1, 0.15) is 35.7 Å². The minimum Gasteiger partial charge on any atom is -0.381 e. The SMILES string of the molecule is C[C@@H]1CN(CCC(F)(F)F)CCN1c1cc(Cl)ccc1NC(=O)c1ccc(CNC(=O)C2CCOC2)c(F)c1F. The molecule has 40 heavy (non-hydrogen) atoms. The van der Waals surface area contributed by atoms with Gasteiger partial charge in [-0.25, -0.2) is 8.78 Å². The van der Waals surface area contributed by atoms with Crippen molar-refractivity contribution in [1.82, 2.24) is 10.2 Å². The summed E-state index contributed by atoms with van der Waals surface area (Å²) in [5.41, 5.74) is 0.174. The molecule has 2 atom stereocenters. The Morgan fingerprint density at radius 2 is 1.90 bits per heavy atom. The van der Waals surface area contributed by atoms with Gasteiger partial charge in [-0.1, -0.05) is 17.7 Å². The third kappa shape index (κ3) is 7.41. The van der Waals surface area contributed by atoms with Crippen LogP contribution >= 0.6 is 11.6 Å². The van der Waals surface area contributed by atoms with E-state index < -0.39 is 35.7 Å². The van der Waals surface area contributed by atoms with Gasteiger partial charge in [0.2, 0.25) is 5.91 Å². The Bertz CT molecular complexity index is 1240. The molecule has 2 aromatic carbocycles. The van der Waals surface area contributed by atoms with Gasteiger partial charge in [0.15, 0.2) is 11.6 Å². The highest BCUT2D eigenvalue weighted by Crippen LogP contribution is 2.33. The summed E-state index contributed by atoms with van der Waals surface area (Å²) in [6, 6.07) is 6.84. The normalized spacial score (nSPS) is 20.0. The number of halogens is 6. The number of piperazine rings is 1. The minimum atomic E-state index is -4.24. The fraction of sp³-hybridized carbons (Fsp3) is 0.481. The van der Waals surface area contributed by atoms with E-state index in [4.69, 9.17) is 16.3 Å². The Balaban J connectivity index is 1.44. The third-order valence-corrected chi connectivity index (χ3v) is 7.34. The van der Waals surface area contributed by atoms with Crippen molar-refractivity contribution in [2.45, 2.75) is 38.5 Å². The zero-order valence-electron chi connectivity index (χ0n) is 21.8. The van der Waals surface area contributed by atoms with Crippen LogP contribution in [0.15, 0.2) is 30.3 Å². The monoisotopic (exact) mass is 588 g/mol. The van der Waals surface area contributed by atoms with Gasteiger partial charge in [-0.05, 0) is 37.6 Å². The summed E-state index contributed by atoms with van der Waals surface area (Å²) < 4.78 is 72.8. The van der Waals surface area contributed by atoms with E-state index in [1.54, 1.807) is 11.0 Å². The molecule has 0 bridgehead atoms. The molecule has 0 radical (unpaired) electrons. The van der Waals surface area contributed by atoms with E-state index in [2.05, 4.69) is 10.6 Å². The standard InChI is InChI=1S/C27H30ClF5N4O3/c1-16-14-36(8-7-27(31,32)33)9-10-37(16)22-12-19(28)3-5-21(22)35-26(39)20-4-2-17(23(29)24(20)30)13-34-25(38)18-6-11-40-15-18/h2-5,12,16,18H,6-11,13-15H2,1H3,(H,34,38)(H,35,39)/t16-,18?/m1/s1. The van der Waals surface area contributed by atoms with Crippen molar-refractivity contribution in [2.24, 2.45) is 5.92 Å². The maximum absolute atomic E-state index is 14.9. The summed E-state index contributed by atoms with van der Waals surface area (Å²) in [4.78, 5) is 28.8. The van der Waals surface area contributed by atoms with Crippen LogP contribution in [0.4, 0.5) is 33.3 Å². The van der Waals surface area contributed by atoms with Gasteiger partial charge >= 0.3 is 6.18 Å². The highest BCUT2D eigenvalue weighted by atomic mass is 35.5. The van der Waals surface area contributed by atoms with Gasteiger partial charge in [0, 0.05) is 56.0 Å². The molecule has 0 aliphatic carbocycles. The fourth-order valence-electron chi connectivity index (χ4n) is 4.89. The van der Waals surface area contributed by atoms with Crippen LogP contribution in [0.5, 0.6) is 0 Å². The molecular formula is C27H30ClF5N4O3. The third-order valence-electron chi connectivity index (χ3n) is 7.10. The number of anilines is 2. The summed E-state index contributed by atoms with van der Waals surface area (Å²) in [6.45, 7) is 3.34. The molecule has 2 saturated heterocycles. The average Bonchev–Trinajstić information content (AvgIpc) is 3.44. The number of benzene rings is 2. The quantitative estimate of drug-likeness (QED) is 0.425. The van der Waals surface area contributed by atoms with E-state index in [1.165, 1.54) is 18.2 Å². The summed E-state index contributed by atoms with van der Waals surface area (Å²) in [5.74, 6) is -4.14. The smallest absolute Gasteiger partial charge is 0.381 e. The molecule has 2 aromatic rings. The van der Waals surface area contributed by atoms with Crippen LogP contribution in [0.3, 0.4) is 0 Å².